The van der Waals surface area contributed by atoms with E-state index in [1.54, 1.807) is 0 Å². The average molecular weight is 206 g/mol. The van der Waals surface area contributed by atoms with Gasteiger partial charge >= 0.3 is 6.09 Å². The normalized spacial score (nSPS) is 24.7. The predicted octanol–water partition coefficient (Wildman–Crippen LogP) is 1.31. The van der Waals surface area contributed by atoms with Crippen LogP contribution in [0.1, 0.15) is 12.5 Å². The molecule has 1 aliphatic heterocycles. The fourth-order valence-electron chi connectivity index (χ4n) is 1.72. The van der Waals surface area contributed by atoms with E-state index in [0.29, 0.717) is 6.61 Å². The number of ether oxygens (including phenoxy) is 1. The van der Waals surface area contributed by atoms with E-state index < -0.39 is 0 Å². The summed E-state index contributed by atoms with van der Waals surface area (Å²) in [6.07, 6.45) is 0.409. The largest absolute Gasteiger partial charge is 0.447 e. The van der Waals surface area contributed by atoms with Gasteiger partial charge in [-0.25, -0.2) is 4.79 Å². The van der Waals surface area contributed by atoms with E-state index in [4.69, 9.17) is 10.5 Å². The number of rotatable bonds is 2. The molecule has 0 bridgehead atoms. The monoisotopic (exact) mass is 206 g/mol. The molecule has 1 heterocycles. The van der Waals surface area contributed by atoms with Crippen LogP contribution in [0, 0.1) is 0 Å². The molecule has 1 aromatic carbocycles. The molecule has 2 rings (SSSR count). The Balaban J connectivity index is 2.08. The zero-order chi connectivity index (χ0) is 10.9. The lowest BCUT2D eigenvalue weighted by Gasteiger charge is -2.20. The lowest BCUT2D eigenvalue weighted by atomic mass is 9.94. The van der Waals surface area contributed by atoms with Crippen molar-refractivity contribution in [3.05, 3.63) is 29.8 Å². The van der Waals surface area contributed by atoms with Crippen molar-refractivity contribution in [1.82, 2.24) is 5.32 Å². The van der Waals surface area contributed by atoms with E-state index in [0.717, 1.165) is 17.7 Å². The smallest absolute Gasteiger partial charge is 0.407 e. The Morgan fingerprint density at radius 1 is 1.47 bits per heavy atom. The third-order valence-electron chi connectivity index (χ3n) is 2.50. The molecule has 0 aromatic heterocycles. The summed E-state index contributed by atoms with van der Waals surface area (Å²) in [5.74, 6) is 0. The zero-order valence-electron chi connectivity index (χ0n) is 8.62. The first kappa shape index (κ1) is 9.83. The molecule has 4 heteroatoms. The molecular formula is C11H14N2O2. The topological polar surface area (TPSA) is 64.3 Å². The number of carbonyl (C=O) groups is 1. The van der Waals surface area contributed by atoms with Crippen molar-refractivity contribution in [1.29, 1.82) is 0 Å². The van der Waals surface area contributed by atoms with Gasteiger partial charge in [0.1, 0.15) is 6.61 Å². The van der Waals surface area contributed by atoms with Gasteiger partial charge < -0.3 is 15.8 Å². The van der Waals surface area contributed by atoms with Crippen molar-refractivity contribution in [2.24, 2.45) is 0 Å². The van der Waals surface area contributed by atoms with Gasteiger partial charge in [-0.2, -0.15) is 0 Å². The SMILES string of the molecule is CC1(Cc2ccc(N)cc2)COC(=O)N1. The minimum Gasteiger partial charge on any atom is -0.447 e. The first-order valence-electron chi connectivity index (χ1n) is 4.87. The molecule has 1 aliphatic rings. The maximum atomic E-state index is 10.9. The van der Waals surface area contributed by atoms with Gasteiger partial charge in [-0.3, -0.25) is 0 Å². The Labute approximate surface area is 88.4 Å². The summed E-state index contributed by atoms with van der Waals surface area (Å²) in [4.78, 5) is 10.9. The van der Waals surface area contributed by atoms with Crippen LogP contribution in [0.2, 0.25) is 0 Å². The fraction of sp³-hybridized carbons (Fsp3) is 0.364. The Morgan fingerprint density at radius 3 is 2.67 bits per heavy atom. The molecule has 0 aliphatic carbocycles. The number of hydrogen-bond donors (Lipinski definition) is 2. The summed E-state index contributed by atoms with van der Waals surface area (Å²) in [6, 6.07) is 7.64. The van der Waals surface area contributed by atoms with Crippen LogP contribution in [-0.2, 0) is 11.2 Å². The molecule has 3 N–H and O–H groups in total. The summed E-state index contributed by atoms with van der Waals surface area (Å²) in [6.45, 7) is 2.38. The fourth-order valence-corrected chi connectivity index (χ4v) is 1.72. The van der Waals surface area contributed by atoms with Crippen LogP contribution in [-0.4, -0.2) is 18.2 Å². The second kappa shape index (κ2) is 3.46. The number of carbonyl (C=O) groups excluding carboxylic acids is 1. The van der Waals surface area contributed by atoms with Gasteiger partial charge in [-0.15, -0.1) is 0 Å². The third kappa shape index (κ3) is 2.21. The highest BCUT2D eigenvalue weighted by atomic mass is 16.6. The minimum atomic E-state index is -0.340. The van der Waals surface area contributed by atoms with E-state index >= 15 is 0 Å². The third-order valence-corrected chi connectivity index (χ3v) is 2.50. The highest BCUT2D eigenvalue weighted by Crippen LogP contribution is 2.19. The van der Waals surface area contributed by atoms with E-state index in [1.807, 2.05) is 31.2 Å². The predicted molar refractivity (Wildman–Crippen MR) is 57.4 cm³/mol. The summed E-state index contributed by atoms with van der Waals surface area (Å²) < 4.78 is 4.89. The average Bonchev–Trinajstić information content (AvgIpc) is 2.50. The lowest BCUT2D eigenvalue weighted by Crippen LogP contribution is -2.42. The van der Waals surface area contributed by atoms with Gasteiger partial charge in [-0.05, 0) is 31.0 Å². The van der Waals surface area contributed by atoms with Crippen molar-refractivity contribution < 1.29 is 9.53 Å². The van der Waals surface area contributed by atoms with Gasteiger partial charge in [0.2, 0.25) is 0 Å². The number of anilines is 1. The first-order valence-corrected chi connectivity index (χ1v) is 4.87. The van der Waals surface area contributed by atoms with Gasteiger partial charge in [0.25, 0.3) is 0 Å². The number of hydrogen-bond acceptors (Lipinski definition) is 3. The highest BCUT2D eigenvalue weighted by Gasteiger charge is 2.34. The molecule has 1 fully saturated rings. The quantitative estimate of drug-likeness (QED) is 0.717. The Kier molecular flexibility index (Phi) is 2.26. The van der Waals surface area contributed by atoms with E-state index in [9.17, 15) is 4.79 Å². The maximum absolute atomic E-state index is 10.9. The summed E-state index contributed by atoms with van der Waals surface area (Å²) in [5, 5.41) is 2.80. The molecule has 1 unspecified atom stereocenters. The molecule has 1 amide bonds. The Morgan fingerprint density at radius 2 is 2.13 bits per heavy atom. The molecule has 1 saturated heterocycles. The summed E-state index contributed by atoms with van der Waals surface area (Å²) in [7, 11) is 0. The van der Waals surface area contributed by atoms with Gasteiger partial charge in [0.15, 0.2) is 0 Å². The van der Waals surface area contributed by atoms with Crippen molar-refractivity contribution in [2.75, 3.05) is 12.3 Å². The van der Waals surface area contributed by atoms with Crippen LogP contribution in [0.5, 0.6) is 0 Å². The summed E-state index contributed by atoms with van der Waals surface area (Å²) in [5.41, 5.74) is 7.18. The number of alkyl carbamates (subject to hydrolysis) is 1. The standard InChI is InChI=1S/C11H14N2O2/c1-11(7-15-10(14)13-11)6-8-2-4-9(12)5-3-8/h2-5H,6-7,12H2,1H3,(H,13,14). The second-order valence-corrected chi connectivity index (χ2v) is 4.18. The Bertz CT molecular complexity index is 375. The number of amides is 1. The molecule has 80 valence electrons. The van der Waals surface area contributed by atoms with E-state index in [1.165, 1.54) is 0 Å². The van der Waals surface area contributed by atoms with E-state index in [2.05, 4.69) is 5.32 Å². The van der Waals surface area contributed by atoms with Crippen LogP contribution in [0.4, 0.5) is 10.5 Å². The molecule has 1 atom stereocenters. The molecule has 15 heavy (non-hydrogen) atoms. The van der Waals surface area contributed by atoms with Crippen LogP contribution in [0.15, 0.2) is 24.3 Å². The maximum Gasteiger partial charge on any atom is 0.407 e. The lowest BCUT2D eigenvalue weighted by molar-refractivity contribution is 0.173. The van der Waals surface area contributed by atoms with Crippen LogP contribution >= 0.6 is 0 Å². The van der Waals surface area contributed by atoms with Crippen molar-refractivity contribution in [3.63, 3.8) is 0 Å². The van der Waals surface area contributed by atoms with Crippen molar-refractivity contribution in [3.8, 4) is 0 Å². The summed E-state index contributed by atoms with van der Waals surface area (Å²) >= 11 is 0. The van der Waals surface area contributed by atoms with Crippen LogP contribution < -0.4 is 11.1 Å². The number of nitrogens with one attached hydrogen (secondary N) is 1. The molecule has 1 aromatic rings. The van der Waals surface area contributed by atoms with Crippen LogP contribution in [0.25, 0.3) is 0 Å². The molecule has 0 saturated carbocycles. The van der Waals surface area contributed by atoms with Crippen molar-refractivity contribution in [2.45, 2.75) is 18.9 Å². The van der Waals surface area contributed by atoms with Gasteiger partial charge in [-0.1, -0.05) is 12.1 Å². The van der Waals surface area contributed by atoms with Gasteiger partial charge in [0.05, 0.1) is 5.54 Å². The second-order valence-electron chi connectivity index (χ2n) is 4.18. The Hall–Kier alpha value is -1.71. The van der Waals surface area contributed by atoms with Gasteiger partial charge in [0, 0.05) is 5.69 Å². The number of benzene rings is 1. The molecule has 0 spiro atoms. The van der Waals surface area contributed by atoms with E-state index in [-0.39, 0.29) is 11.6 Å². The molecular weight excluding hydrogens is 192 g/mol. The van der Waals surface area contributed by atoms with Crippen molar-refractivity contribution >= 4 is 11.8 Å². The zero-order valence-corrected chi connectivity index (χ0v) is 8.62. The minimum absolute atomic E-state index is 0.298. The van der Waals surface area contributed by atoms with Crippen LogP contribution in [0.3, 0.4) is 0 Å². The molecule has 0 radical (unpaired) electrons. The number of nitrogens with two attached hydrogens (primary N) is 1. The number of nitrogen functional groups attached to an aromatic ring is 1. The highest BCUT2D eigenvalue weighted by molar-refractivity contribution is 5.70. The molecule has 4 nitrogen and oxygen atoms in total. The number of cyclic esters (lactones) is 1. The first-order chi connectivity index (χ1) is 7.07.